The topological polar surface area (TPSA) is 42.4 Å². The number of halogens is 2. The number of ether oxygens (including phenoxy) is 1. The molecule has 0 bridgehead atoms. The minimum absolute atomic E-state index is 0.395. The summed E-state index contributed by atoms with van der Waals surface area (Å²) < 4.78 is 19.4. The predicted molar refractivity (Wildman–Crippen MR) is 78.2 cm³/mol. The van der Waals surface area contributed by atoms with E-state index in [0.717, 1.165) is 6.42 Å². The number of aliphatic hydroxyl groups is 1. The van der Waals surface area contributed by atoms with Crippen molar-refractivity contribution in [3.63, 3.8) is 0 Å². The summed E-state index contributed by atoms with van der Waals surface area (Å²) >= 11 is 3.31. The molecule has 0 fully saturated rings. The van der Waals surface area contributed by atoms with Crippen LogP contribution >= 0.6 is 15.9 Å². The van der Waals surface area contributed by atoms with E-state index >= 15 is 0 Å². The van der Waals surface area contributed by atoms with Crippen molar-refractivity contribution >= 4 is 15.9 Å². The molecule has 0 aliphatic rings. The Morgan fingerprint density at radius 2 is 2.15 bits per heavy atom. The molecular formula is C15H15BrFNO2. The largest absolute Gasteiger partial charge is 0.492 e. The Hall–Kier alpha value is -1.46. The molecule has 20 heavy (non-hydrogen) atoms. The highest BCUT2D eigenvalue weighted by atomic mass is 79.9. The molecule has 0 spiro atoms. The maximum absolute atomic E-state index is 13.3. The quantitative estimate of drug-likeness (QED) is 0.899. The summed E-state index contributed by atoms with van der Waals surface area (Å²) in [5.74, 6) is 0.199. The fourth-order valence-corrected chi connectivity index (χ4v) is 2.25. The summed E-state index contributed by atoms with van der Waals surface area (Å²) in [6.07, 6.45) is 3.06. The second kappa shape index (κ2) is 6.81. The van der Waals surface area contributed by atoms with E-state index in [2.05, 4.69) is 20.9 Å². The van der Waals surface area contributed by atoms with Gasteiger partial charge in [-0.2, -0.15) is 0 Å². The first-order chi connectivity index (χ1) is 9.61. The second-order valence-corrected chi connectivity index (χ2v) is 5.23. The van der Waals surface area contributed by atoms with Crippen molar-refractivity contribution in [3.05, 3.63) is 58.1 Å². The summed E-state index contributed by atoms with van der Waals surface area (Å²) in [7, 11) is 0. The number of benzene rings is 1. The van der Waals surface area contributed by atoms with Crippen molar-refractivity contribution in [3.8, 4) is 5.75 Å². The van der Waals surface area contributed by atoms with Crippen molar-refractivity contribution in [2.24, 2.45) is 0 Å². The minimum atomic E-state index is -0.960. The van der Waals surface area contributed by atoms with Crippen LogP contribution in [0.2, 0.25) is 0 Å². The lowest BCUT2D eigenvalue weighted by atomic mass is 10.0. The van der Waals surface area contributed by atoms with E-state index in [4.69, 9.17) is 4.74 Å². The molecule has 0 saturated carbocycles. The molecule has 1 atom stereocenters. The molecule has 0 radical (unpaired) electrons. The van der Waals surface area contributed by atoms with Crippen molar-refractivity contribution in [2.75, 3.05) is 6.61 Å². The molecule has 0 aliphatic carbocycles. The molecule has 5 heteroatoms. The molecule has 0 saturated heterocycles. The standard InChI is InChI=1S/C15H15BrFNO2/c1-2-5-20-12-6-10(8-18-9-12)15(19)13-7-11(17)3-4-14(13)16/h3-4,6-9,15,19H,2,5H2,1H3. The summed E-state index contributed by atoms with van der Waals surface area (Å²) in [6, 6.07) is 5.91. The number of aliphatic hydroxyl groups excluding tert-OH is 1. The zero-order chi connectivity index (χ0) is 14.5. The second-order valence-electron chi connectivity index (χ2n) is 4.37. The van der Waals surface area contributed by atoms with Crippen LogP contribution in [0.5, 0.6) is 5.75 Å². The molecule has 0 aliphatic heterocycles. The molecule has 106 valence electrons. The number of nitrogens with zero attached hydrogens (tertiary/aromatic N) is 1. The molecule has 1 aromatic heterocycles. The molecule has 1 N–H and O–H groups in total. The van der Waals surface area contributed by atoms with E-state index in [1.54, 1.807) is 24.5 Å². The van der Waals surface area contributed by atoms with Crippen LogP contribution < -0.4 is 4.74 Å². The van der Waals surface area contributed by atoms with E-state index < -0.39 is 11.9 Å². The fraction of sp³-hybridized carbons (Fsp3) is 0.267. The first kappa shape index (κ1) is 14.9. The van der Waals surface area contributed by atoms with E-state index in [1.807, 2.05) is 6.92 Å². The van der Waals surface area contributed by atoms with Gasteiger partial charge >= 0.3 is 0 Å². The molecule has 3 nitrogen and oxygen atoms in total. The summed E-state index contributed by atoms with van der Waals surface area (Å²) in [5, 5.41) is 10.4. The number of pyridine rings is 1. The van der Waals surface area contributed by atoms with E-state index in [9.17, 15) is 9.50 Å². The lowest BCUT2D eigenvalue weighted by Crippen LogP contribution is -2.03. The Bertz CT molecular complexity index is 592. The summed E-state index contributed by atoms with van der Waals surface area (Å²) in [5.41, 5.74) is 1.02. The predicted octanol–water partition coefficient (Wildman–Crippen LogP) is 3.85. The van der Waals surface area contributed by atoms with E-state index in [-0.39, 0.29) is 0 Å². The van der Waals surface area contributed by atoms with Crippen LogP contribution in [-0.4, -0.2) is 16.7 Å². The third-order valence-corrected chi connectivity index (χ3v) is 3.50. The summed E-state index contributed by atoms with van der Waals surface area (Å²) in [4.78, 5) is 4.04. The van der Waals surface area contributed by atoms with Crippen LogP contribution in [-0.2, 0) is 0 Å². The Balaban J connectivity index is 2.28. The Kier molecular flexibility index (Phi) is 5.09. The van der Waals surface area contributed by atoms with Gasteiger partial charge in [0, 0.05) is 21.8 Å². The van der Waals surface area contributed by atoms with Gasteiger partial charge in [-0.1, -0.05) is 22.9 Å². The van der Waals surface area contributed by atoms with Crippen molar-refractivity contribution in [1.82, 2.24) is 4.98 Å². The molecule has 0 amide bonds. The van der Waals surface area contributed by atoms with Crippen LogP contribution in [0.1, 0.15) is 30.6 Å². The third-order valence-electron chi connectivity index (χ3n) is 2.78. The van der Waals surface area contributed by atoms with Crippen molar-refractivity contribution in [2.45, 2.75) is 19.4 Å². The van der Waals surface area contributed by atoms with Gasteiger partial charge in [0.05, 0.1) is 12.8 Å². The van der Waals surface area contributed by atoms with Crippen LogP contribution in [0, 0.1) is 5.82 Å². The van der Waals surface area contributed by atoms with Crippen molar-refractivity contribution < 1.29 is 14.2 Å². The fourth-order valence-electron chi connectivity index (χ4n) is 1.79. The zero-order valence-corrected chi connectivity index (χ0v) is 12.6. The lowest BCUT2D eigenvalue weighted by molar-refractivity contribution is 0.217. The first-order valence-corrected chi connectivity index (χ1v) is 7.12. The van der Waals surface area contributed by atoms with Crippen LogP contribution in [0.3, 0.4) is 0 Å². The van der Waals surface area contributed by atoms with Gasteiger partial charge in [-0.3, -0.25) is 4.98 Å². The van der Waals surface area contributed by atoms with Gasteiger partial charge in [-0.25, -0.2) is 4.39 Å². The highest BCUT2D eigenvalue weighted by Gasteiger charge is 2.15. The lowest BCUT2D eigenvalue weighted by Gasteiger charge is -2.14. The van der Waals surface area contributed by atoms with Gasteiger partial charge in [0.15, 0.2) is 0 Å². The molecular weight excluding hydrogens is 325 g/mol. The molecule has 2 rings (SSSR count). The smallest absolute Gasteiger partial charge is 0.137 e. The Morgan fingerprint density at radius 1 is 1.35 bits per heavy atom. The zero-order valence-electron chi connectivity index (χ0n) is 11.0. The molecule has 1 aromatic carbocycles. The highest BCUT2D eigenvalue weighted by Crippen LogP contribution is 2.30. The molecule has 2 aromatic rings. The monoisotopic (exact) mass is 339 g/mol. The number of hydrogen-bond acceptors (Lipinski definition) is 3. The Labute approximate surface area is 125 Å². The summed E-state index contributed by atoms with van der Waals surface area (Å²) in [6.45, 7) is 2.60. The SMILES string of the molecule is CCCOc1cncc(C(O)c2cc(F)ccc2Br)c1. The van der Waals surface area contributed by atoms with Gasteiger partial charge in [0.25, 0.3) is 0 Å². The van der Waals surface area contributed by atoms with Crippen molar-refractivity contribution in [1.29, 1.82) is 0 Å². The molecule has 1 heterocycles. The van der Waals surface area contributed by atoms with E-state index in [0.29, 0.717) is 28.0 Å². The average molecular weight is 340 g/mol. The van der Waals surface area contributed by atoms with E-state index in [1.165, 1.54) is 12.1 Å². The van der Waals surface area contributed by atoms with Gasteiger partial charge in [0.2, 0.25) is 0 Å². The normalized spacial score (nSPS) is 12.2. The van der Waals surface area contributed by atoms with Gasteiger partial charge < -0.3 is 9.84 Å². The maximum atomic E-state index is 13.3. The first-order valence-electron chi connectivity index (χ1n) is 6.32. The molecule has 1 unspecified atom stereocenters. The van der Waals surface area contributed by atoms with Gasteiger partial charge in [-0.05, 0) is 30.7 Å². The van der Waals surface area contributed by atoms with Crippen LogP contribution in [0.15, 0.2) is 41.1 Å². The van der Waals surface area contributed by atoms with Gasteiger partial charge in [0.1, 0.15) is 17.7 Å². The Morgan fingerprint density at radius 3 is 2.90 bits per heavy atom. The van der Waals surface area contributed by atoms with Crippen LogP contribution in [0.25, 0.3) is 0 Å². The number of aromatic nitrogens is 1. The highest BCUT2D eigenvalue weighted by molar-refractivity contribution is 9.10. The number of rotatable bonds is 5. The van der Waals surface area contributed by atoms with Crippen LogP contribution in [0.4, 0.5) is 4.39 Å². The number of hydrogen-bond donors (Lipinski definition) is 1. The third kappa shape index (κ3) is 3.55. The average Bonchev–Trinajstić information content (AvgIpc) is 2.47. The minimum Gasteiger partial charge on any atom is -0.492 e. The van der Waals surface area contributed by atoms with Gasteiger partial charge in [-0.15, -0.1) is 0 Å². The maximum Gasteiger partial charge on any atom is 0.137 e.